The third kappa shape index (κ3) is 2.67. The first-order valence-corrected chi connectivity index (χ1v) is 5.97. The Balaban J connectivity index is 2.15. The minimum atomic E-state index is 0.324. The van der Waals surface area contributed by atoms with E-state index in [2.05, 4.69) is 40.0 Å². The van der Waals surface area contributed by atoms with Crippen molar-refractivity contribution in [2.75, 3.05) is 11.9 Å². The highest BCUT2D eigenvalue weighted by atomic mass is 15.3. The molecule has 17 heavy (non-hydrogen) atoms. The summed E-state index contributed by atoms with van der Waals surface area (Å²) in [6.45, 7) is 7.99. The summed E-state index contributed by atoms with van der Waals surface area (Å²) in [6, 6.07) is 2.27. The number of aryl methyl sites for hydroxylation is 1. The first-order chi connectivity index (χ1) is 8.20. The molecule has 5 heteroatoms. The predicted octanol–water partition coefficient (Wildman–Crippen LogP) is 2.08. The number of nitrogens with one attached hydrogen (secondary N) is 1. The summed E-state index contributed by atoms with van der Waals surface area (Å²) >= 11 is 0. The van der Waals surface area contributed by atoms with Crippen molar-refractivity contribution >= 4 is 5.95 Å². The van der Waals surface area contributed by atoms with Crippen molar-refractivity contribution in [3.63, 3.8) is 0 Å². The maximum Gasteiger partial charge on any atom is 0.203 e. The molecule has 1 unspecified atom stereocenters. The number of aromatic nitrogens is 4. The number of nitrogens with zero attached hydrogens (tertiary/aromatic N) is 4. The van der Waals surface area contributed by atoms with Gasteiger partial charge in [-0.1, -0.05) is 0 Å². The van der Waals surface area contributed by atoms with Gasteiger partial charge in [0, 0.05) is 25.1 Å². The average Bonchev–Trinajstić information content (AvgIpc) is 2.88. The van der Waals surface area contributed by atoms with Crippen LogP contribution in [0.4, 0.5) is 5.95 Å². The van der Waals surface area contributed by atoms with E-state index in [0.29, 0.717) is 6.04 Å². The second-order valence-corrected chi connectivity index (χ2v) is 4.22. The molecule has 0 fully saturated rings. The van der Waals surface area contributed by atoms with E-state index in [1.165, 1.54) is 0 Å². The molecule has 0 radical (unpaired) electrons. The summed E-state index contributed by atoms with van der Waals surface area (Å²) in [5, 5.41) is 7.51. The van der Waals surface area contributed by atoms with Crippen LogP contribution in [0.2, 0.25) is 0 Å². The molecule has 0 saturated carbocycles. The molecule has 0 aliphatic carbocycles. The van der Waals surface area contributed by atoms with Gasteiger partial charge in [-0.3, -0.25) is 4.68 Å². The predicted molar refractivity (Wildman–Crippen MR) is 68.1 cm³/mol. The topological polar surface area (TPSA) is 47.7 Å². The molecule has 0 aliphatic heterocycles. The third-order valence-corrected chi connectivity index (χ3v) is 2.67. The Hall–Kier alpha value is -1.78. The average molecular weight is 233 g/mol. The molecular weight excluding hydrogens is 214 g/mol. The van der Waals surface area contributed by atoms with E-state index in [0.717, 1.165) is 24.7 Å². The Labute approximate surface area is 101 Å². The summed E-state index contributed by atoms with van der Waals surface area (Å²) in [5.41, 5.74) is 1.04. The summed E-state index contributed by atoms with van der Waals surface area (Å²) < 4.78 is 4.11. The van der Waals surface area contributed by atoms with E-state index in [-0.39, 0.29) is 0 Å². The van der Waals surface area contributed by atoms with Gasteiger partial charge in [-0.15, -0.1) is 0 Å². The lowest BCUT2D eigenvalue weighted by molar-refractivity contribution is 0.440. The highest BCUT2D eigenvalue weighted by molar-refractivity contribution is 5.29. The van der Waals surface area contributed by atoms with Gasteiger partial charge in [0.15, 0.2) is 0 Å². The minimum Gasteiger partial charge on any atom is -0.356 e. The summed E-state index contributed by atoms with van der Waals surface area (Å²) in [5.74, 6) is 0.935. The van der Waals surface area contributed by atoms with Gasteiger partial charge in [0.05, 0.1) is 18.3 Å². The zero-order chi connectivity index (χ0) is 12.3. The van der Waals surface area contributed by atoms with Crippen LogP contribution in [0.1, 0.15) is 25.6 Å². The van der Waals surface area contributed by atoms with Crippen molar-refractivity contribution in [3.8, 4) is 0 Å². The van der Waals surface area contributed by atoms with E-state index in [4.69, 9.17) is 0 Å². The second kappa shape index (κ2) is 5.03. The third-order valence-electron chi connectivity index (χ3n) is 2.67. The lowest BCUT2D eigenvalue weighted by Gasteiger charge is -2.16. The zero-order valence-electron chi connectivity index (χ0n) is 10.6. The maximum absolute atomic E-state index is 4.47. The van der Waals surface area contributed by atoms with E-state index in [1.54, 1.807) is 6.20 Å². The van der Waals surface area contributed by atoms with Gasteiger partial charge in [-0.25, -0.2) is 4.98 Å². The van der Waals surface area contributed by atoms with Crippen LogP contribution in [0.5, 0.6) is 0 Å². The Morgan fingerprint density at radius 2 is 2.29 bits per heavy atom. The van der Waals surface area contributed by atoms with Crippen LogP contribution < -0.4 is 5.32 Å². The SMILES string of the molecule is CCNc1nc(C)cn1C(C)Cn1cccn1. The largest absolute Gasteiger partial charge is 0.356 e. The number of imidazole rings is 1. The van der Waals surface area contributed by atoms with Crippen LogP contribution in [0.25, 0.3) is 0 Å². The summed E-state index contributed by atoms with van der Waals surface area (Å²) in [4.78, 5) is 4.47. The van der Waals surface area contributed by atoms with E-state index in [1.807, 2.05) is 23.9 Å². The molecule has 0 aliphatic rings. The van der Waals surface area contributed by atoms with Gasteiger partial charge < -0.3 is 9.88 Å². The fourth-order valence-corrected chi connectivity index (χ4v) is 1.91. The highest BCUT2D eigenvalue weighted by Gasteiger charge is 2.11. The van der Waals surface area contributed by atoms with Gasteiger partial charge in [-0.05, 0) is 26.8 Å². The van der Waals surface area contributed by atoms with Gasteiger partial charge >= 0.3 is 0 Å². The minimum absolute atomic E-state index is 0.324. The quantitative estimate of drug-likeness (QED) is 0.860. The van der Waals surface area contributed by atoms with Crippen LogP contribution in [0.3, 0.4) is 0 Å². The highest BCUT2D eigenvalue weighted by Crippen LogP contribution is 2.17. The standard InChI is InChI=1S/C12H19N5/c1-4-13-12-15-10(2)8-17(12)11(3)9-16-7-5-6-14-16/h5-8,11H,4,9H2,1-3H3,(H,13,15). The fourth-order valence-electron chi connectivity index (χ4n) is 1.91. The molecule has 0 aromatic carbocycles. The van der Waals surface area contributed by atoms with Gasteiger partial charge in [0.1, 0.15) is 0 Å². The zero-order valence-corrected chi connectivity index (χ0v) is 10.6. The monoisotopic (exact) mass is 233 g/mol. The Bertz CT molecular complexity index is 457. The molecule has 2 aromatic rings. The first kappa shape index (κ1) is 11.7. The van der Waals surface area contributed by atoms with Crippen LogP contribution in [0.15, 0.2) is 24.7 Å². The molecule has 0 bridgehead atoms. The van der Waals surface area contributed by atoms with Gasteiger partial charge in [-0.2, -0.15) is 5.10 Å². The van der Waals surface area contributed by atoms with E-state index >= 15 is 0 Å². The molecule has 5 nitrogen and oxygen atoms in total. The summed E-state index contributed by atoms with van der Waals surface area (Å²) in [7, 11) is 0. The number of rotatable bonds is 5. The molecule has 1 N–H and O–H groups in total. The normalized spacial score (nSPS) is 12.6. The lowest BCUT2D eigenvalue weighted by Crippen LogP contribution is -2.15. The second-order valence-electron chi connectivity index (χ2n) is 4.22. The van der Waals surface area contributed by atoms with Crippen molar-refractivity contribution in [3.05, 3.63) is 30.4 Å². The van der Waals surface area contributed by atoms with E-state index < -0.39 is 0 Å². The molecule has 2 heterocycles. The molecule has 92 valence electrons. The molecule has 0 saturated heterocycles. The molecule has 2 aromatic heterocycles. The molecule has 0 spiro atoms. The van der Waals surface area contributed by atoms with Crippen molar-refractivity contribution in [1.82, 2.24) is 19.3 Å². The molecule has 2 rings (SSSR count). The lowest BCUT2D eigenvalue weighted by atomic mass is 10.3. The van der Waals surface area contributed by atoms with Crippen molar-refractivity contribution in [2.24, 2.45) is 0 Å². The van der Waals surface area contributed by atoms with Crippen molar-refractivity contribution in [1.29, 1.82) is 0 Å². The molecule has 1 atom stereocenters. The van der Waals surface area contributed by atoms with Gasteiger partial charge in [0.2, 0.25) is 5.95 Å². The molecular formula is C12H19N5. The smallest absolute Gasteiger partial charge is 0.203 e. The van der Waals surface area contributed by atoms with Crippen LogP contribution in [0, 0.1) is 6.92 Å². The number of hydrogen-bond acceptors (Lipinski definition) is 3. The summed E-state index contributed by atoms with van der Waals surface area (Å²) in [6.07, 6.45) is 5.86. The fraction of sp³-hybridized carbons (Fsp3) is 0.500. The number of hydrogen-bond donors (Lipinski definition) is 1. The molecule has 0 amide bonds. The van der Waals surface area contributed by atoms with Crippen LogP contribution in [-0.2, 0) is 6.54 Å². The van der Waals surface area contributed by atoms with Crippen LogP contribution in [-0.4, -0.2) is 25.9 Å². The maximum atomic E-state index is 4.47. The Morgan fingerprint density at radius 3 is 2.94 bits per heavy atom. The van der Waals surface area contributed by atoms with E-state index in [9.17, 15) is 0 Å². The number of anilines is 1. The Morgan fingerprint density at radius 1 is 1.47 bits per heavy atom. The van der Waals surface area contributed by atoms with Crippen molar-refractivity contribution < 1.29 is 0 Å². The van der Waals surface area contributed by atoms with Gasteiger partial charge in [0.25, 0.3) is 0 Å². The van der Waals surface area contributed by atoms with Crippen LogP contribution >= 0.6 is 0 Å². The Kier molecular flexibility index (Phi) is 3.46. The first-order valence-electron chi connectivity index (χ1n) is 5.97. The van der Waals surface area contributed by atoms with Crippen molar-refractivity contribution in [2.45, 2.75) is 33.4 Å².